The molecule has 1 N–H and O–H groups in total. The second-order valence-electron chi connectivity index (χ2n) is 6.87. The van der Waals surface area contributed by atoms with E-state index in [0.717, 1.165) is 31.4 Å². The zero-order valence-electron chi connectivity index (χ0n) is 14.1. The summed E-state index contributed by atoms with van der Waals surface area (Å²) in [6.45, 7) is 5.30. The molecule has 1 heterocycles. The number of piperidine rings is 1. The van der Waals surface area contributed by atoms with Crippen molar-refractivity contribution in [1.82, 2.24) is 4.90 Å². The zero-order chi connectivity index (χ0) is 16.8. The Labute approximate surface area is 138 Å². The average Bonchev–Trinajstić information content (AvgIpc) is 2.53. The Morgan fingerprint density at radius 2 is 1.91 bits per heavy atom. The molecule has 126 valence electrons. The molecule has 1 unspecified atom stereocenters. The molecular formula is C19H27NO3. The Kier molecular flexibility index (Phi) is 6.20. The van der Waals surface area contributed by atoms with Crippen LogP contribution in [0.5, 0.6) is 0 Å². The van der Waals surface area contributed by atoms with Gasteiger partial charge in [0.1, 0.15) is 0 Å². The Bertz CT molecular complexity index is 536. The lowest BCUT2D eigenvalue weighted by Gasteiger charge is -2.37. The third-order valence-electron chi connectivity index (χ3n) is 4.52. The summed E-state index contributed by atoms with van der Waals surface area (Å²) >= 11 is 0. The molecule has 0 radical (unpaired) electrons. The van der Waals surface area contributed by atoms with Crippen LogP contribution in [0.25, 0.3) is 0 Å². The first-order valence-corrected chi connectivity index (χ1v) is 8.59. The van der Waals surface area contributed by atoms with Crippen LogP contribution in [0.3, 0.4) is 0 Å². The molecule has 1 saturated heterocycles. The van der Waals surface area contributed by atoms with Gasteiger partial charge in [-0.15, -0.1) is 0 Å². The SMILES string of the molecule is CC(C)CC1CCCCN1C(=O)CCc1ccc(C(=O)O)cc1. The molecule has 1 aliphatic heterocycles. The van der Waals surface area contributed by atoms with Crippen molar-refractivity contribution in [3.05, 3.63) is 35.4 Å². The van der Waals surface area contributed by atoms with Crippen molar-refractivity contribution in [3.63, 3.8) is 0 Å². The Morgan fingerprint density at radius 3 is 2.52 bits per heavy atom. The van der Waals surface area contributed by atoms with Crippen LogP contribution >= 0.6 is 0 Å². The minimum atomic E-state index is -0.919. The fourth-order valence-corrected chi connectivity index (χ4v) is 3.33. The lowest BCUT2D eigenvalue weighted by molar-refractivity contribution is -0.135. The molecule has 0 aromatic heterocycles. The number of hydrogen-bond acceptors (Lipinski definition) is 2. The normalized spacial score (nSPS) is 18.2. The van der Waals surface area contributed by atoms with Crippen LogP contribution in [0.1, 0.15) is 61.9 Å². The summed E-state index contributed by atoms with van der Waals surface area (Å²) in [5.74, 6) is -0.0768. The van der Waals surface area contributed by atoms with Gasteiger partial charge in [0.15, 0.2) is 0 Å². The zero-order valence-corrected chi connectivity index (χ0v) is 14.1. The van der Waals surface area contributed by atoms with Gasteiger partial charge in [0.2, 0.25) is 5.91 Å². The Hall–Kier alpha value is -1.84. The molecule has 1 atom stereocenters. The molecular weight excluding hydrogens is 290 g/mol. The predicted octanol–water partition coefficient (Wildman–Crippen LogP) is 3.74. The van der Waals surface area contributed by atoms with Crippen LogP contribution < -0.4 is 0 Å². The van der Waals surface area contributed by atoms with E-state index in [1.54, 1.807) is 24.3 Å². The maximum Gasteiger partial charge on any atom is 0.335 e. The summed E-state index contributed by atoms with van der Waals surface area (Å²) < 4.78 is 0. The Balaban J connectivity index is 1.90. The summed E-state index contributed by atoms with van der Waals surface area (Å²) in [5, 5.41) is 8.90. The van der Waals surface area contributed by atoms with E-state index in [-0.39, 0.29) is 11.5 Å². The molecule has 1 aromatic rings. The number of hydrogen-bond donors (Lipinski definition) is 1. The second kappa shape index (κ2) is 8.14. The first-order chi connectivity index (χ1) is 11.0. The highest BCUT2D eigenvalue weighted by molar-refractivity contribution is 5.87. The van der Waals surface area contributed by atoms with Gasteiger partial charge in [0.05, 0.1) is 5.56 Å². The summed E-state index contributed by atoms with van der Waals surface area (Å²) in [6.07, 6.45) is 5.70. The molecule has 4 heteroatoms. The number of aromatic carboxylic acids is 1. The standard InChI is InChI=1S/C19H27NO3/c1-14(2)13-17-5-3-4-12-20(17)18(21)11-8-15-6-9-16(10-7-15)19(22)23/h6-7,9-10,14,17H,3-5,8,11-13H2,1-2H3,(H,22,23). The number of nitrogens with zero attached hydrogens (tertiary/aromatic N) is 1. The Morgan fingerprint density at radius 1 is 1.22 bits per heavy atom. The number of likely N-dealkylation sites (tertiary alicyclic amines) is 1. The van der Waals surface area contributed by atoms with E-state index < -0.39 is 5.97 Å². The van der Waals surface area contributed by atoms with Gasteiger partial charge in [-0.25, -0.2) is 4.79 Å². The molecule has 0 bridgehead atoms. The quantitative estimate of drug-likeness (QED) is 0.869. The van der Waals surface area contributed by atoms with Crippen LogP contribution in [-0.4, -0.2) is 34.5 Å². The van der Waals surface area contributed by atoms with E-state index in [1.165, 1.54) is 6.42 Å². The third kappa shape index (κ3) is 5.08. The van der Waals surface area contributed by atoms with Crippen LogP contribution in [-0.2, 0) is 11.2 Å². The summed E-state index contributed by atoms with van der Waals surface area (Å²) in [7, 11) is 0. The molecule has 1 aliphatic rings. The van der Waals surface area contributed by atoms with E-state index in [2.05, 4.69) is 18.7 Å². The highest BCUT2D eigenvalue weighted by Crippen LogP contribution is 2.24. The van der Waals surface area contributed by atoms with Gasteiger partial charge in [0, 0.05) is 19.0 Å². The van der Waals surface area contributed by atoms with E-state index in [9.17, 15) is 9.59 Å². The number of carbonyl (C=O) groups is 2. The van der Waals surface area contributed by atoms with E-state index in [1.807, 2.05) is 0 Å². The van der Waals surface area contributed by atoms with E-state index in [0.29, 0.717) is 24.8 Å². The lowest BCUT2D eigenvalue weighted by Crippen LogP contribution is -2.44. The first-order valence-electron chi connectivity index (χ1n) is 8.59. The number of carboxylic acid groups (broad SMARTS) is 1. The number of carboxylic acids is 1. The molecule has 0 saturated carbocycles. The number of aryl methyl sites for hydroxylation is 1. The summed E-state index contributed by atoms with van der Waals surface area (Å²) in [4.78, 5) is 25.5. The van der Waals surface area contributed by atoms with Crippen LogP contribution in [0.4, 0.5) is 0 Å². The monoisotopic (exact) mass is 317 g/mol. The second-order valence-corrected chi connectivity index (χ2v) is 6.87. The smallest absolute Gasteiger partial charge is 0.335 e. The molecule has 0 spiro atoms. The number of benzene rings is 1. The topological polar surface area (TPSA) is 57.6 Å². The van der Waals surface area contributed by atoms with Gasteiger partial charge >= 0.3 is 5.97 Å². The molecule has 4 nitrogen and oxygen atoms in total. The number of carbonyl (C=O) groups excluding carboxylic acids is 1. The molecule has 1 aromatic carbocycles. The van der Waals surface area contributed by atoms with Crippen LogP contribution in [0.15, 0.2) is 24.3 Å². The molecule has 0 aliphatic carbocycles. The van der Waals surface area contributed by atoms with Gasteiger partial charge in [-0.1, -0.05) is 26.0 Å². The van der Waals surface area contributed by atoms with E-state index in [4.69, 9.17) is 5.11 Å². The highest BCUT2D eigenvalue weighted by atomic mass is 16.4. The van der Waals surface area contributed by atoms with Crippen molar-refractivity contribution in [1.29, 1.82) is 0 Å². The minimum Gasteiger partial charge on any atom is -0.478 e. The minimum absolute atomic E-state index is 0.234. The summed E-state index contributed by atoms with van der Waals surface area (Å²) in [6, 6.07) is 7.21. The first kappa shape index (κ1) is 17.5. The maximum absolute atomic E-state index is 12.6. The van der Waals surface area contributed by atoms with Crippen molar-refractivity contribution in [2.75, 3.05) is 6.54 Å². The number of amides is 1. The maximum atomic E-state index is 12.6. The molecule has 1 amide bonds. The van der Waals surface area contributed by atoms with Crippen LogP contribution in [0, 0.1) is 5.92 Å². The van der Waals surface area contributed by atoms with Crippen molar-refractivity contribution < 1.29 is 14.7 Å². The third-order valence-corrected chi connectivity index (χ3v) is 4.52. The van der Waals surface area contributed by atoms with Gasteiger partial charge in [-0.05, 0) is 55.7 Å². The van der Waals surface area contributed by atoms with Crippen molar-refractivity contribution >= 4 is 11.9 Å². The summed E-state index contributed by atoms with van der Waals surface area (Å²) in [5.41, 5.74) is 1.30. The fraction of sp³-hybridized carbons (Fsp3) is 0.579. The van der Waals surface area contributed by atoms with Crippen molar-refractivity contribution in [2.24, 2.45) is 5.92 Å². The predicted molar refractivity (Wildman–Crippen MR) is 90.5 cm³/mol. The van der Waals surface area contributed by atoms with Gasteiger partial charge in [-0.3, -0.25) is 4.79 Å². The largest absolute Gasteiger partial charge is 0.478 e. The number of rotatable bonds is 6. The van der Waals surface area contributed by atoms with E-state index >= 15 is 0 Å². The molecule has 2 rings (SSSR count). The van der Waals surface area contributed by atoms with Gasteiger partial charge < -0.3 is 10.0 Å². The lowest BCUT2D eigenvalue weighted by atomic mass is 9.93. The average molecular weight is 317 g/mol. The molecule has 1 fully saturated rings. The van der Waals surface area contributed by atoms with Crippen molar-refractivity contribution in [3.8, 4) is 0 Å². The fourth-order valence-electron chi connectivity index (χ4n) is 3.33. The van der Waals surface area contributed by atoms with Gasteiger partial charge in [-0.2, -0.15) is 0 Å². The van der Waals surface area contributed by atoms with Crippen molar-refractivity contribution in [2.45, 2.75) is 58.4 Å². The van der Waals surface area contributed by atoms with Crippen LogP contribution in [0.2, 0.25) is 0 Å². The highest BCUT2D eigenvalue weighted by Gasteiger charge is 2.26. The molecule has 23 heavy (non-hydrogen) atoms. The van der Waals surface area contributed by atoms with Gasteiger partial charge in [0.25, 0.3) is 0 Å².